The zero-order chi connectivity index (χ0) is 25.8. The molecule has 1 N–H and O–H groups in total. The largest absolute Gasteiger partial charge is 0.481 e. The molecule has 0 saturated heterocycles. The van der Waals surface area contributed by atoms with Gasteiger partial charge in [0.15, 0.2) is 0 Å². The van der Waals surface area contributed by atoms with E-state index < -0.39 is 17.9 Å². The van der Waals surface area contributed by atoms with E-state index in [9.17, 15) is 14.7 Å². The summed E-state index contributed by atoms with van der Waals surface area (Å²) in [6.07, 6.45) is 32.6. The Kier molecular flexibility index (Phi) is 25.8. The lowest BCUT2D eigenvalue weighted by atomic mass is 9.97. The lowest BCUT2D eigenvalue weighted by Crippen LogP contribution is -2.19. The number of carbonyl (C=O) groups is 2. The van der Waals surface area contributed by atoms with Crippen LogP contribution in [0.3, 0.4) is 0 Å². The van der Waals surface area contributed by atoms with Gasteiger partial charge in [0.25, 0.3) is 0 Å². The van der Waals surface area contributed by atoms with Crippen LogP contribution >= 0.6 is 0 Å². The lowest BCUT2D eigenvalue weighted by molar-refractivity contribution is -0.151. The van der Waals surface area contributed by atoms with Gasteiger partial charge in [0.1, 0.15) is 6.61 Å². The van der Waals surface area contributed by atoms with Crippen molar-refractivity contribution >= 4 is 11.9 Å². The van der Waals surface area contributed by atoms with E-state index in [2.05, 4.69) is 25.7 Å². The number of hydrogen-bond acceptors (Lipinski definition) is 3. The molecule has 4 heteroatoms. The number of carboxylic acids is 1. The maximum absolute atomic E-state index is 11.6. The smallest absolute Gasteiger partial charge is 0.307 e. The summed E-state index contributed by atoms with van der Waals surface area (Å²) in [7, 11) is 0. The first-order valence-corrected chi connectivity index (χ1v) is 14.8. The summed E-state index contributed by atoms with van der Waals surface area (Å²) in [4.78, 5) is 22.9. The van der Waals surface area contributed by atoms with Crippen molar-refractivity contribution in [2.75, 3.05) is 6.61 Å². The molecule has 0 spiro atoms. The Bertz CT molecular complexity index is 526. The zero-order valence-electron chi connectivity index (χ0n) is 23.0. The van der Waals surface area contributed by atoms with Crippen LogP contribution in [0.5, 0.6) is 0 Å². The number of ether oxygens (including phenoxy) is 1. The van der Waals surface area contributed by atoms with Crippen LogP contribution in [0, 0.1) is 5.92 Å². The molecule has 35 heavy (non-hydrogen) atoms. The average molecular weight is 493 g/mol. The average Bonchev–Trinajstić information content (AvgIpc) is 2.84. The molecule has 0 amide bonds. The minimum Gasteiger partial charge on any atom is -0.481 e. The van der Waals surface area contributed by atoms with E-state index in [1.54, 1.807) is 0 Å². The van der Waals surface area contributed by atoms with Crippen molar-refractivity contribution in [3.63, 3.8) is 0 Å². The third-order valence-electron chi connectivity index (χ3n) is 6.69. The van der Waals surface area contributed by atoms with Crippen molar-refractivity contribution in [2.24, 2.45) is 5.92 Å². The molecule has 4 nitrogen and oxygen atoms in total. The molecular formula is C31H56O4. The molecule has 1 atom stereocenters. The van der Waals surface area contributed by atoms with E-state index >= 15 is 0 Å². The number of carboxylic acid groups (broad SMARTS) is 1. The number of hydrogen-bond donors (Lipinski definition) is 1. The summed E-state index contributed by atoms with van der Waals surface area (Å²) in [5.74, 6) is -1.98. The number of aliphatic carboxylic acids is 1. The molecule has 0 saturated carbocycles. The lowest BCUT2D eigenvalue weighted by Gasteiger charge is -2.11. The van der Waals surface area contributed by atoms with E-state index in [-0.39, 0.29) is 13.0 Å². The third kappa shape index (κ3) is 25.3. The highest BCUT2D eigenvalue weighted by atomic mass is 16.5. The van der Waals surface area contributed by atoms with E-state index in [0.29, 0.717) is 6.42 Å². The second-order valence-corrected chi connectivity index (χ2v) is 10.1. The molecule has 0 aliphatic heterocycles. The minimum absolute atomic E-state index is 0.0416. The number of rotatable bonds is 27. The fraction of sp³-hybridized carbons (Fsp3) is 0.806. The van der Waals surface area contributed by atoms with Crippen LogP contribution in [0.15, 0.2) is 24.8 Å². The third-order valence-corrected chi connectivity index (χ3v) is 6.69. The second-order valence-electron chi connectivity index (χ2n) is 10.1. The molecule has 0 aliphatic carbocycles. The second kappa shape index (κ2) is 27.0. The summed E-state index contributed by atoms with van der Waals surface area (Å²) in [5.41, 5.74) is 0. The standard InChI is InChI=1S/C31H56O4/c1-3-5-6-7-8-9-10-11-12-13-14-15-16-17-18-19-20-21-22-23-24-25-26-29(31(33)34)28-30(32)35-27-4-2/h4,8-9,29H,2-3,5-7,10-28H2,1H3,(H,33,34)/b9-8+. The SMILES string of the molecule is C=CCOC(=O)CC(CCCCCCCCCCCCCCCCC/C=C/CCCCC)C(=O)O. The summed E-state index contributed by atoms with van der Waals surface area (Å²) in [5, 5.41) is 9.29. The molecule has 0 aromatic carbocycles. The molecular weight excluding hydrogens is 436 g/mol. The van der Waals surface area contributed by atoms with Crippen LogP contribution in [0.25, 0.3) is 0 Å². The Morgan fingerprint density at radius 1 is 0.714 bits per heavy atom. The summed E-state index contributed by atoms with van der Waals surface area (Å²) >= 11 is 0. The zero-order valence-corrected chi connectivity index (χ0v) is 23.0. The Balaban J connectivity index is 3.36. The molecule has 0 rings (SSSR count). The first-order valence-electron chi connectivity index (χ1n) is 14.8. The number of carbonyl (C=O) groups excluding carboxylic acids is 1. The van der Waals surface area contributed by atoms with E-state index in [0.717, 1.165) is 19.3 Å². The molecule has 0 aromatic heterocycles. The minimum atomic E-state index is -0.901. The Labute approximate surface area is 217 Å². The highest BCUT2D eigenvalue weighted by Crippen LogP contribution is 2.18. The van der Waals surface area contributed by atoms with Gasteiger partial charge >= 0.3 is 11.9 Å². The van der Waals surface area contributed by atoms with Crippen LogP contribution < -0.4 is 0 Å². The molecule has 1 unspecified atom stereocenters. The normalized spacial score (nSPS) is 12.1. The Hall–Kier alpha value is -1.58. The summed E-state index contributed by atoms with van der Waals surface area (Å²) < 4.78 is 4.90. The van der Waals surface area contributed by atoms with Gasteiger partial charge in [-0.15, -0.1) is 0 Å². The molecule has 0 bridgehead atoms. The van der Waals surface area contributed by atoms with Gasteiger partial charge in [0, 0.05) is 0 Å². The molecule has 0 aromatic rings. The topological polar surface area (TPSA) is 63.6 Å². The Morgan fingerprint density at radius 2 is 1.14 bits per heavy atom. The van der Waals surface area contributed by atoms with Crippen LogP contribution in [0.4, 0.5) is 0 Å². The monoisotopic (exact) mass is 492 g/mol. The first kappa shape index (κ1) is 33.4. The van der Waals surface area contributed by atoms with Crippen molar-refractivity contribution in [1.82, 2.24) is 0 Å². The van der Waals surface area contributed by atoms with E-state index in [4.69, 9.17) is 4.74 Å². The van der Waals surface area contributed by atoms with Crippen molar-refractivity contribution in [3.05, 3.63) is 24.8 Å². The Morgan fingerprint density at radius 3 is 1.57 bits per heavy atom. The van der Waals surface area contributed by atoms with Crippen LogP contribution in [-0.4, -0.2) is 23.7 Å². The number of allylic oxidation sites excluding steroid dienone is 2. The van der Waals surface area contributed by atoms with Gasteiger partial charge in [0.05, 0.1) is 12.3 Å². The number of esters is 1. The maximum atomic E-state index is 11.6. The predicted octanol–water partition coefficient (Wildman–Crippen LogP) is 9.57. The molecule has 0 radical (unpaired) electrons. The fourth-order valence-corrected chi connectivity index (χ4v) is 4.42. The van der Waals surface area contributed by atoms with Gasteiger partial charge < -0.3 is 9.84 Å². The van der Waals surface area contributed by atoms with Crippen molar-refractivity contribution in [3.8, 4) is 0 Å². The predicted molar refractivity (Wildman–Crippen MR) is 149 cm³/mol. The quantitative estimate of drug-likeness (QED) is 0.0704. The maximum Gasteiger partial charge on any atom is 0.307 e. The van der Waals surface area contributed by atoms with Gasteiger partial charge in [-0.05, 0) is 32.1 Å². The fourth-order valence-electron chi connectivity index (χ4n) is 4.42. The van der Waals surface area contributed by atoms with Gasteiger partial charge in [-0.3, -0.25) is 9.59 Å². The molecule has 0 fully saturated rings. The molecule has 204 valence electrons. The van der Waals surface area contributed by atoms with Gasteiger partial charge in [-0.25, -0.2) is 0 Å². The van der Waals surface area contributed by atoms with Crippen molar-refractivity contribution in [2.45, 2.75) is 148 Å². The summed E-state index contributed by atoms with van der Waals surface area (Å²) in [6, 6.07) is 0. The van der Waals surface area contributed by atoms with E-state index in [1.807, 2.05) is 0 Å². The first-order chi connectivity index (χ1) is 17.1. The van der Waals surface area contributed by atoms with Gasteiger partial charge in [-0.2, -0.15) is 0 Å². The van der Waals surface area contributed by atoms with E-state index in [1.165, 1.54) is 115 Å². The van der Waals surface area contributed by atoms with Crippen LogP contribution in [0.1, 0.15) is 148 Å². The molecule has 0 aliphatic rings. The highest BCUT2D eigenvalue weighted by molar-refractivity contribution is 5.78. The molecule has 0 heterocycles. The highest BCUT2D eigenvalue weighted by Gasteiger charge is 2.21. The van der Waals surface area contributed by atoms with Gasteiger partial charge in [0.2, 0.25) is 0 Å². The van der Waals surface area contributed by atoms with Crippen LogP contribution in [0.2, 0.25) is 0 Å². The number of unbranched alkanes of at least 4 members (excludes halogenated alkanes) is 18. The van der Waals surface area contributed by atoms with Gasteiger partial charge in [-0.1, -0.05) is 134 Å². The summed E-state index contributed by atoms with van der Waals surface area (Å²) in [6.45, 7) is 5.89. The van der Waals surface area contributed by atoms with Crippen LogP contribution in [-0.2, 0) is 14.3 Å². The van der Waals surface area contributed by atoms with Crippen molar-refractivity contribution < 1.29 is 19.4 Å². The van der Waals surface area contributed by atoms with Crippen molar-refractivity contribution in [1.29, 1.82) is 0 Å².